The number of halogens is 2. The number of aromatic nitrogens is 3. The molecular weight excluding hydrogens is 485 g/mol. The highest BCUT2D eigenvalue weighted by molar-refractivity contribution is 7.90. The van der Waals surface area contributed by atoms with Crippen LogP contribution in [0.15, 0.2) is 58.4 Å². The smallest absolute Gasteiger partial charge is 0.187 e. The zero-order valence-corrected chi connectivity index (χ0v) is 19.8. The van der Waals surface area contributed by atoms with Gasteiger partial charge in [-0.05, 0) is 31.4 Å². The van der Waals surface area contributed by atoms with E-state index in [2.05, 4.69) is 10.1 Å². The molecule has 0 bridgehead atoms. The van der Waals surface area contributed by atoms with Crippen LogP contribution in [0.2, 0.25) is 5.02 Å². The van der Waals surface area contributed by atoms with E-state index in [0.29, 0.717) is 11.4 Å². The van der Waals surface area contributed by atoms with E-state index in [1.165, 1.54) is 16.8 Å². The summed E-state index contributed by atoms with van der Waals surface area (Å²) in [5, 5.41) is 6.10. The van der Waals surface area contributed by atoms with Gasteiger partial charge >= 0.3 is 0 Å². The standard InChI is InChI=1S/C23H19ClFN3O3S2/c24-18-9-23(33(29,30)13-15-12-32-14-26-15)19(25)10-22(18)31-21-7-2-1-5-16(21)17-11-27-28-8-4-3-6-20(17)28/h1-2,5,7,9-12,14H,3-4,6,8,13H2. The molecule has 0 unspecified atom stereocenters. The molecule has 3 heterocycles. The molecule has 4 aromatic rings. The Morgan fingerprint density at radius 2 is 2.00 bits per heavy atom. The number of para-hydroxylation sites is 1. The van der Waals surface area contributed by atoms with Gasteiger partial charge in [-0.1, -0.05) is 29.8 Å². The molecule has 6 nitrogen and oxygen atoms in total. The maximum Gasteiger partial charge on any atom is 0.187 e. The molecule has 0 N–H and O–H groups in total. The van der Waals surface area contributed by atoms with Crippen molar-refractivity contribution in [3.05, 3.63) is 75.7 Å². The van der Waals surface area contributed by atoms with Crippen LogP contribution in [-0.4, -0.2) is 23.2 Å². The first-order valence-electron chi connectivity index (χ1n) is 10.3. The van der Waals surface area contributed by atoms with Crippen molar-refractivity contribution in [2.75, 3.05) is 0 Å². The zero-order valence-electron chi connectivity index (χ0n) is 17.4. The summed E-state index contributed by atoms with van der Waals surface area (Å²) in [6, 6.07) is 9.50. The first kappa shape index (κ1) is 22.1. The number of benzene rings is 2. The number of sulfone groups is 1. The first-order chi connectivity index (χ1) is 15.9. The Bertz CT molecular complexity index is 1420. The minimum absolute atomic E-state index is 0.0000841. The van der Waals surface area contributed by atoms with Crippen molar-refractivity contribution < 1.29 is 17.5 Å². The highest BCUT2D eigenvalue weighted by Crippen LogP contribution is 2.39. The van der Waals surface area contributed by atoms with Crippen molar-refractivity contribution in [1.82, 2.24) is 14.8 Å². The second-order valence-corrected chi connectivity index (χ2v) is 10.8. The molecule has 0 aliphatic carbocycles. The van der Waals surface area contributed by atoms with Gasteiger partial charge < -0.3 is 4.74 Å². The number of ether oxygens (including phenoxy) is 1. The fourth-order valence-corrected chi connectivity index (χ4v) is 6.24. The maximum atomic E-state index is 14.9. The van der Waals surface area contributed by atoms with Crippen LogP contribution in [0.5, 0.6) is 11.5 Å². The molecule has 0 saturated carbocycles. The predicted octanol–water partition coefficient (Wildman–Crippen LogP) is 5.90. The average Bonchev–Trinajstić information content (AvgIpc) is 3.46. The van der Waals surface area contributed by atoms with Crippen LogP contribution in [0, 0.1) is 5.82 Å². The van der Waals surface area contributed by atoms with Gasteiger partial charge in [0.15, 0.2) is 9.84 Å². The van der Waals surface area contributed by atoms with E-state index in [1.54, 1.807) is 11.4 Å². The van der Waals surface area contributed by atoms with E-state index in [1.807, 2.05) is 29.1 Å². The summed E-state index contributed by atoms with van der Waals surface area (Å²) in [5.74, 6) is -0.807. The minimum atomic E-state index is -3.96. The third-order valence-corrected chi connectivity index (χ3v) is 8.11. The quantitative estimate of drug-likeness (QED) is 0.327. The second-order valence-electron chi connectivity index (χ2n) is 7.74. The summed E-state index contributed by atoms with van der Waals surface area (Å²) in [6.45, 7) is 0.881. The largest absolute Gasteiger partial charge is 0.455 e. The van der Waals surface area contributed by atoms with Gasteiger partial charge in [0, 0.05) is 34.8 Å². The van der Waals surface area contributed by atoms with Crippen molar-refractivity contribution in [2.45, 2.75) is 36.5 Å². The molecule has 10 heteroatoms. The Hall–Kier alpha value is -2.75. The zero-order chi connectivity index (χ0) is 23.0. The lowest BCUT2D eigenvalue weighted by molar-refractivity contribution is 0.474. The summed E-state index contributed by atoms with van der Waals surface area (Å²) < 4.78 is 48.3. The summed E-state index contributed by atoms with van der Waals surface area (Å²) in [5.41, 5.74) is 4.80. The Morgan fingerprint density at radius 3 is 2.82 bits per heavy atom. The van der Waals surface area contributed by atoms with Crippen LogP contribution in [0.1, 0.15) is 24.2 Å². The molecule has 5 rings (SSSR count). The molecule has 1 aliphatic heterocycles. The molecule has 0 atom stereocenters. The van der Waals surface area contributed by atoms with Crippen LogP contribution in [-0.2, 0) is 28.6 Å². The van der Waals surface area contributed by atoms with E-state index in [-0.39, 0.29) is 10.8 Å². The van der Waals surface area contributed by atoms with Crippen molar-refractivity contribution in [2.24, 2.45) is 0 Å². The number of nitrogens with zero attached hydrogens (tertiary/aromatic N) is 3. The Morgan fingerprint density at radius 1 is 1.15 bits per heavy atom. The normalized spacial score (nSPS) is 13.6. The summed E-state index contributed by atoms with van der Waals surface area (Å²) in [4.78, 5) is 3.49. The molecule has 0 fully saturated rings. The highest BCUT2D eigenvalue weighted by atomic mass is 35.5. The number of thiazole rings is 1. The monoisotopic (exact) mass is 503 g/mol. The van der Waals surface area contributed by atoms with Crippen LogP contribution >= 0.6 is 22.9 Å². The van der Waals surface area contributed by atoms with Gasteiger partial charge in [0.2, 0.25) is 0 Å². The molecule has 170 valence electrons. The van der Waals surface area contributed by atoms with E-state index in [0.717, 1.165) is 54.8 Å². The first-order valence-corrected chi connectivity index (χ1v) is 13.3. The van der Waals surface area contributed by atoms with Crippen molar-refractivity contribution in [1.29, 1.82) is 0 Å². The highest BCUT2D eigenvalue weighted by Gasteiger charge is 2.24. The average molecular weight is 504 g/mol. The van der Waals surface area contributed by atoms with E-state index in [9.17, 15) is 12.8 Å². The number of hydrogen-bond donors (Lipinski definition) is 0. The number of hydrogen-bond acceptors (Lipinski definition) is 6. The van der Waals surface area contributed by atoms with Crippen LogP contribution in [0.3, 0.4) is 0 Å². The minimum Gasteiger partial charge on any atom is -0.455 e. The second kappa shape index (κ2) is 8.89. The van der Waals surface area contributed by atoms with E-state index in [4.69, 9.17) is 16.3 Å². The van der Waals surface area contributed by atoms with Gasteiger partial charge in [-0.3, -0.25) is 4.68 Å². The van der Waals surface area contributed by atoms with Crippen molar-refractivity contribution in [3.8, 4) is 22.6 Å². The van der Waals surface area contributed by atoms with Gasteiger partial charge in [-0.25, -0.2) is 17.8 Å². The van der Waals surface area contributed by atoms with Gasteiger partial charge in [0.05, 0.1) is 28.2 Å². The number of rotatable bonds is 6. The molecule has 1 aliphatic rings. The fourth-order valence-electron chi connectivity index (χ4n) is 3.95. The van der Waals surface area contributed by atoms with E-state index >= 15 is 0 Å². The fraction of sp³-hybridized carbons (Fsp3) is 0.217. The van der Waals surface area contributed by atoms with E-state index < -0.39 is 26.3 Å². The van der Waals surface area contributed by atoms with Gasteiger partial charge in [-0.2, -0.15) is 5.10 Å². The molecule has 2 aromatic heterocycles. The lowest BCUT2D eigenvalue weighted by Gasteiger charge is -2.17. The Balaban J connectivity index is 1.48. The van der Waals surface area contributed by atoms with Gasteiger partial charge in [0.1, 0.15) is 22.2 Å². The summed E-state index contributed by atoms with van der Waals surface area (Å²) in [6.07, 6.45) is 4.93. The van der Waals surface area contributed by atoms with Crippen molar-refractivity contribution >= 4 is 32.8 Å². The lowest BCUT2D eigenvalue weighted by Crippen LogP contribution is -2.11. The number of fused-ring (bicyclic) bond motifs is 1. The molecule has 0 radical (unpaired) electrons. The van der Waals surface area contributed by atoms with Crippen LogP contribution in [0.4, 0.5) is 4.39 Å². The van der Waals surface area contributed by atoms with Gasteiger partial charge in [-0.15, -0.1) is 11.3 Å². The molecule has 33 heavy (non-hydrogen) atoms. The molecule has 0 amide bonds. The third-order valence-electron chi connectivity index (χ3n) is 5.52. The molecular formula is C23H19ClFN3O3S2. The molecule has 0 spiro atoms. The number of aryl methyl sites for hydroxylation is 1. The summed E-state index contributed by atoms with van der Waals surface area (Å²) >= 11 is 7.62. The Labute approximate surface area is 199 Å². The predicted molar refractivity (Wildman–Crippen MR) is 125 cm³/mol. The molecule has 2 aromatic carbocycles. The molecule has 0 saturated heterocycles. The van der Waals surface area contributed by atoms with Crippen molar-refractivity contribution in [3.63, 3.8) is 0 Å². The summed E-state index contributed by atoms with van der Waals surface area (Å²) in [7, 11) is -3.96. The maximum absolute atomic E-state index is 14.9. The third kappa shape index (κ3) is 4.40. The van der Waals surface area contributed by atoms with Gasteiger partial charge in [0.25, 0.3) is 0 Å². The topological polar surface area (TPSA) is 74.1 Å². The van der Waals surface area contributed by atoms with Crippen LogP contribution < -0.4 is 4.74 Å². The SMILES string of the molecule is O=S(=O)(Cc1cscn1)c1cc(Cl)c(Oc2ccccc2-c2cnn3c2CCCC3)cc1F. The lowest BCUT2D eigenvalue weighted by atomic mass is 10.0. The van der Waals surface area contributed by atoms with Crippen LogP contribution in [0.25, 0.3) is 11.1 Å². The Kier molecular flexibility index (Phi) is 5.94.